The molecule has 1 aromatic heterocycles. The molecule has 2 heterocycles. The minimum absolute atomic E-state index is 0.341. The second-order valence-corrected chi connectivity index (χ2v) is 5.46. The molecular formula is C13H23N5. The van der Waals surface area contributed by atoms with Crippen molar-refractivity contribution < 1.29 is 0 Å². The lowest BCUT2D eigenvalue weighted by atomic mass is 10.0. The van der Waals surface area contributed by atoms with Crippen LogP contribution in [0.25, 0.3) is 0 Å². The van der Waals surface area contributed by atoms with Crippen molar-refractivity contribution in [1.29, 1.82) is 0 Å². The van der Waals surface area contributed by atoms with Gasteiger partial charge in [-0.2, -0.15) is 0 Å². The molecule has 1 aliphatic rings. The number of nitrogens with two attached hydrogens (primary N) is 1. The fraction of sp³-hybridized carbons (Fsp3) is 0.692. The van der Waals surface area contributed by atoms with Gasteiger partial charge in [0.25, 0.3) is 0 Å². The number of nitrogens with zero attached hydrogens (tertiary/aromatic N) is 4. The maximum atomic E-state index is 6.01. The quantitative estimate of drug-likeness (QED) is 0.856. The first kappa shape index (κ1) is 13.1. The molecule has 0 saturated carbocycles. The van der Waals surface area contributed by atoms with Crippen molar-refractivity contribution in [1.82, 2.24) is 14.9 Å². The zero-order chi connectivity index (χ0) is 13.3. The number of likely N-dealkylation sites (N-methyl/N-ethyl adjacent to an activating group) is 1. The molecule has 2 N–H and O–H groups in total. The van der Waals surface area contributed by atoms with E-state index in [0.29, 0.717) is 17.8 Å². The van der Waals surface area contributed by atoms with Crippen LogP contribution in [0.1, 0.15) is 32.3 Å². The van der Waals surface area contributed by atoms with Gasteiger partial charge in [-0.25, -0.2) is 9.97 Å². The summed E-state index contributed by atoms with van der Waals surface area (Å²) < 4.78 is 0. The Hall–Kier alpha value is -1.36. The van der Waals surface area contributed by atoms with E-state index >= 15 is 0 Å². The second kappa shape index (κ2) is 5.10. The van der Waals surface area contributed by atoms with Crippen molar-refractivity contribution in [2.75, 3.05) is 37.3 Å². The van der Waals surface area contributed by atoms with E-state index in [1.807, 2.05) is 0 Å². The Kier molecular flexibility index (Phi) is 3.71. The van der Waals surface area contributed by atoms with Crippen molar-refractivity contribution in [3.05, 3.63) is 11.9 Å². The Bertz CT molecular complexity index is 418. The molecule has 5 nitrogen and oxygen atoms in total. The summed E-state index contributed by atoms with van der Waals surface area (Å²) in [5.74, 6) is 1.97. The number of piperazine rings is 1. The summed E-state index contributed by atoms with van der Waals surface area (Å²) in [6, 6.07) is 0.454. The van der Waals surface area contributed by atoms with Crippen LogP contribution in [-0.2, 0) is 0 Å². The minimum Gasteiger partial charge on any atom is -0.383 e. The van der Waals surface area contributed by atoms with Crippen molar-refractivity contribution in [3.63, 3.8) is 0 Å². The van der Waals surface area contributed by atoms with Crippen LogP contribution < -0.4 is 10.6 Å². The van der Waals surface area contributed by atoms with E-state index in [1.165, 1.54) is 0 Å². The average molecular weight is 249 g/mol. The lowest BCUT2D eigenvalue weighted by Crippen LogP contribution is -2.51. The third-order valence-corrected chi connectivity index (χ3v) is 3.57. The zero-order valence-electron chi connectivity index (χ0n) is 11.7. The first-order valence-corrected chi connectivity index (χ1v) is 6.56. The van der Waals surface area contributed by atoms with Gasteiger partial charge in [0.05, 0.1) is 0 Å². The van der Waals surface area contributed by atoms with Crippen LogP contribution in [-0.4, -0.2) is 47.6 Å². The van der Waals surface area contributed by atoms with Gasteiger partial charge in [0.2, 0.25) is 0 Å². The average Bonchev–Trinajstić information content (AvgIpc) is 2.28. The van der Waals surface area contributed by atoms with Gasteiger partial charge in [0, 0.05) is 31.2 Å². The van der Waals surface area contributed by atoms with Gasteiger partial charge in [0.15, 0.2) is 0 Å². The molecule has 1 aromatic rings. The molecule has 0 bridgehead atoms. The molecule has 1 aliphatic heterocycles. The van der Waals surface area contributed by atoms with E-state index in [-0.39, 0.29) is 0 Å². The normalized spacial score (nSPS) is 21.6. The predicted octanol–water partition coefficient (Wildman–Crippen LogP) is 1.32. The molecule has 1 fully saturated rings. The van der Waals surface area contributed by atoms with Crippen molar-refractivity contribution >= 4 is 11.6 Å². The summed E-state index contributed by atoms with van der Waals surface area (Å²) in [4.78, 5) is 13.3. The molecule has 2 rings (SSSR count). The predicted molar refractivity (Wildman–Crippen MR) is 74.8 cm³/mol. The Morgan fingerprint density at radius 3 is 2.67 bits per heavy atom. The number of nitrogen functional groups attached to an aromatic ring is 1. The molecule has 1 unspecified atom stereocenters. The number of hydrogen-bond acceptors (Lipinski definition) is 5. The molecule has 0 amide bonds. The summed E-state index contributed by atoms with van der Waals surface area (Å²) in [6.45, 7) is 9.62. The monoisotopic (exact) mass is 249 g/mol. The second-order valence-electron chi connectivity index (χ2n) is 5.46. The largest absolute Gasteiger partial charge is 0.383 e. The van der Waals surface area contributed by atoms with Crippen molar-refractivity contribution in [2.45, 2.75) is 32.7 Å². The van der Waals surface area contributed by atoms with E-state index in [2.05, 4.69) is 47.6 Å². The van der Waals surface area contributed by atoms with Crippen LogP contribution >= 0.6 is 0 Å². The molecule has 100 valence electrons. The molecular weight excluding hydrogens is 226 g/mol. The van der Waals surface area contributed by atoms with Crippen LogP contribution in [0.15, 0.2) is 6.33 Å². The summed E-state index contributed by atoms with van der Waals surface area (Å²) in [7, 11) is 2.16. The Labute approximate surface area is 109 Å². The van der Waals surface area contributed by atoms with Crippen LogP contribution in [0.2, 0.25) is 0 Å². The molecule has 0 aliphatic carbocycles. The van der Waals surface area contributed by atoms with Gasteiger partial charge in [-0.15, -0.1) is 0 Å². The van der Waals surface area contributed by atoms with Gasteiger partial charge < -0.3 is 15.5 Å². The van der Waals surface area contributed by atoms with E-state index in [4.69, 9.17) is 5.73 Å². The molecule has 0 aromatic carbocycles. The van der Waals surface area contributed by atoms with E-state index in [0.717, 1.165) is 31.0 Å². The van der Waals surface area contributed by atoms with Gasteiger partial charge in [-0.3, -0.25) is 0 Å². The third kappa shape index (κ3) is 2.41. The van der Waals surface area contributed by atoms with Gasteiger partial charge >= 0.3 is 0 Å². The summed E-state index contributed by atoms with van der Waals surface area (Å²) >= 11 is 0. The van der Waals surface area contributed by atoms with Crippen LogP contribution in [0, 0.1) is 0 Å². The fourth-order valence-electron chi connectivity index (χ4n) is 2.64. The lowest BCUT2D eigenvalue weighted by molar-refractivity contribution is 0.274. The molecule has 18 heavy (non-hydrogen) atoms. The fourth-order valence-corrected chi connectivity index (χ4v) is 2.64. The third-order valence-electron chi connectivity index (χ3n) is 3.57. The van der Waals surface area contributed by atoms with Gasteiger partial charge in [-0.05, 0) is 19.9 Å². The number of anilines is 2. The van der Waals surface area contributed by atoms with Crippen LogP contribution in [0.5, 0.6) is 0 Å². The van der Waals surface area contributed by atoms with Crippen molar-refractivity contribution in [2.24, 2.45) is 0 Å². The van der Waals surface area contributed by atoms with Gasteiger partial charge in [0.1, 0.15) is 18.0 Å². The number of aromatic nitrogens is 2. The SMILES string of the molecule is CC(C)c1c(N)ncnc1N1CCN(C)CC1C. The smallest absolute Gasteiger partial charge is 0.137 e. The Morgan fingerprint density at radius 1 is 1.33 bits per heavy atom. The van der Waals surface area contributed by atoms with E-state index in [9.17, 15) is 0 Å². The molecule has 0 spiro atoms. The highest BCUT2D eigenvalue weighted by Gasteiger charge is 2.26. The zero-order valence-corrected chi connectivity index (χ0v) is 11.7. The highest BCUT2D eigenvalue weighted by molar-refractivity contribution is 5.59. The molecule has 1 atom stereocenters. The standard InChI is InChI=1S/C13H23N5/c1-9(2)11-12(14)15-8-16-13(11)18-6-5-17(4)7-10(18)3/h8-10H,5-7H2,1-4H3,(H2,14,15,16). The molecule has 1 saturated heterocycles. The first-order valence-electron chi connectivity index (χ1n) is 6.56. The lowest BCUT2D eigenvalue weighted by Gasteiger charge is -2.40. The maximum Gasteiger partial charge on any atom is 0.137 e. The first-order chi connectivity index (χ1) is 8.50. The molecule has 0 radical (unpaired) electrons. The molecule has 5 heteroatoms. The van der Waals surface area contributed by atoms with Crippen LogP contribution in [0.3, 0.4) is 0 Å². The van der Waals surface area contributed by atoms with Crippen molar-refractivity contribution in [3.8, 4) is 0 Å². The topological polar surface area (TPSA) is 58.3 Å². The summed E-state index contributed by atoms with van der Waals surface area (Å²) in [6.07, 6.45) is 1.57. The highest BCUT2D eigenvalue weighted by atomic mass is 15.3. The minimum atomic E-state index is 0.341. The Balaban J connectivity index is 2.36. The van der Waals surface area contributed by atoms with Crippen LogP contribution in [0.4, 0.5) is 11.6 Å². The number of rotatable bonds is 2. The summed E-state index contributed by atoms with van der Waals surface area (Å²) in [5.41, 5.74) is 7.09. The van der Waals surface area contributed by atoms with E-state index < -0.39 is 0 Å². The maximum absolute atomic E-state index is 6.01. The summed E-state index contributed by atoms with van der Waals surface area (Å²) in [5, 5.41) is 0. The Morgan fingerprint density at radius 2 is 2.06 bits per heavy atom. The van der Waals surface area contributed by atoms with Gasteiger partial charge in [-0.1, -0.05) is 13.8 Å². The number of hydrogen-bond donors (Lipinski definition) is 1. The van der Waals surface area contributed by atoms with E-state index in [1.54, 1.807) is 6.33 Å². The highest BCUT2D eigenvalue weighted by Crippen LogP contribution is 2.30.